The fraction of sp³-hybridized carbons (Fsp3) is 0.0909. The molecular weight excluding hydrogens is 176 g/mol. The number of carbonyl (C=O) groups excluding carboxylic acids is 1. The molecule has 0 aliphatic rings. The van der Waals surface area contributed by atoms with Gasteiger partial charge in [0.05, 0.1) is 5.52 Å². The van der Waals surface area contributed by atoms with E-state index >= 15 is 0 Å². The number of pyridine rings is 1. The van der Waals surface area contributed by atoms with Gasteiger partial charge in [-0.3, -0.25) is 4.79 Å². The molecule has 2 rings (SSSR count). The average Bonchev–Trinajstić information content (AvgIpc) is 2.27. The van der Waals surface area contributed by atoms with Crippen LogP contribution in [-0.2, 0) is 0 Å². The molecule has 0 bridgehead atoms. The Morgan fingerprint density at radius 3 is 2.79 bits per heavy atom. The zero-order valence-corrected chi connectivity index (χ0v) is 7.82. The zero-order chi connectivity index (χ0) is 9.97. The van der Waals surface area contributed by atoms with Gasteiger partial charge in [0.25, 0.3) is 0 Å². The quantitative estimate of drug-likeness (QED) is 0.730. The zero-order valence-electron chi connectivity index (χ0n) is 7.82. The molecule has 0 aliphatic carbocycles. The lowest BCUT2D eigenvalue weighted by atomic mass is 10.1. The van der Waals surface area contributed by atoms with Crippen LogP contribution in [0, 0.1) is 0 Å². The predicted octanol–water partition coefficient (Wildman–Crippen LogP) is 2.09. The fourth-order valence-corrected chi connectivity index (χ4v) is 1.35. The van der Waals surface area contributed by atoms with Crippen LogP contribution >= 0.6 is 0 Å². The van der Waals surface area contributed by atoms with Crippen molar-refractivity contribution in [2.45, 2.75) is 0 Å². The lowest BCUT2D eigenvalue weighted by Gasteiger charge is -2.01. The smallest absolute Gasteiger partial charge is 0.150 e. The lowest BCUT2D eigenvalue weighted by Crippen LogP contribution is -1.92. The summed E-state index contributed by atoms with van der Waals surface area (Å²) >= 11 is 0. The largest absolute Gasteiger partial charge is 0.373 e. The van der Waals surface area contributed by atoms with E-state index in [1.165, 1.54) is 0 Å². The van der Waals surface area contributed by atoms with Crippen molar-refractivity contribution in [1.82, 2.24) is 4.98 Å². The molecular formula is C11H10N2O. The summed E-state index contributed by atoms with van der Waals surface area (Å²) in [5, 5.41) is 3.99. The van der Waals surface area contributed by atoms with Crippen LogP contribution in [0.4, 0.5) is 5.82 Å². The highest BCUT2D eigenvalue weighted by Gasteiger charge is 1.97. The molecule has 0 fully saturated rings. The highest BCUT2D eigenvalue weighted by Crippen LogP contribution is 2.15. The Morgan fingerprint density at radius 1 is 1.29 bits per heavy atom. The van der Waals surface area contributed by atoms with E-state index in [1.54, 1.807) is 12.1 Å². The molecule has 0 spiro atoms. The molecule has 0 unspecified atom stereocenters. The van der Waals surface area contributed by atoms with Gasteiger partial charge in [-0.1, -0.05) is 12.1 Å². The Kier molecular flexibility index (Phi) is 2.14. The maximum atomic E-state index is 10.6. The van der Waals surface area contributed by atoms with E-state index in [0.717, 1.165) is 23.0 Å². The molecule has 1 aromatic heterocycles. The van der Waals surface area contributed by atoms with Crippen LogP contribution in [0.1, 0.15) is 10.4 Å². The van der Waals surface area contributed by atoms with E-state index in [4.69, 9.17) is 0 Å². The second-order valence-electron chi connectivity index (χ2n) is 3.02. The minimum atomic E-state index is 0.651. The molecule has 1 aromatic carbocycles. The molecule has 0 atom stereocenters. The van der Waals surface area contributed by atoms with Gasteiger partial charge in [0.15, 0.2) is 0 Å². The van der Waals surface area contributed by atoms with Crippen LogP contribution in [0.15, 0.2) is 30.3 Å². The van der Waals surface area contributed by atoms with Crippen molar-refractivity contribution in [1.29, 1.82) is 0 Å². The van der Waals surface area contributed by atoms with Gasteiger partial charge in [-0.05, 0) is 18.2 Å². The topological polar surface area (TPSA) is 42.0 Å². The van der Waals surface area contributed by atoms with Crippen LogP contribution in [0.2, 0.25) is 0 Å². The molecule has 1 heterocycles. The molecule has 0 radical (unpaired) electrons. The van der Waals surface area contributed by atoms with Crippen molar-refractivity contribution in [2.75, 3.05) is 12.4 Å². The summed E-state index contributed by atoms with van der Waals surface area (Å²) in [5.41, 5.74) is 1.49. The third-order valence-corrected chi connectivity index (χ3v) is 2.11. The maximum Gasteiger partial charge on any atom is 0.150 e. The number of carbonyl (C=O) groups is 1. The molecule has 14 heavy (non-hydrogen) atoms. The van der Waals surface area contributed by atoms with Crippen molar-refractivity contribution in [3.63, 3.8) is 0 Å². The monoisotopic (exact) mass is 186 g/mol. The summed E-state index contributed by atoms with van der Waals surface area (Å²) in [7, 11) is 1.82. The predicted molar refractivity (Wildman–Crippen MR) is 56.7 cm³/mol. The van der Waals surface area contributed by atoms with Crippen LogP contribution in [0.25, 0.3) is 10.9 Å². The number of nitrogens with zero attached hydrogens (tertiary/aromatic N) is 1. The lowest BCUT2D eigenvalue weighted by molar-refractivity contribution is 0.112. The van der Waals surface area contributed by atoms with Crippen molar-refractivity contribution in [3.05, 3.63) is 35.9 Å². The number of anilines is 1. The van der Waals surface area contributed by atoms with Crippen LogP contribution < -0.4 is 5.32 Å². The van der Waals surface area contributed by atoms with E-state index in [2.05, 4.69) is 10.3 Å². The Balaban J connectivity index is 2.65. The summed E-state index contributed by atoms with van der Waals surface area (Å²) in [6.07, 6.45) is 0.827. The number of hydrogen-bond donors (Lipinski definition) is 1. The second kappa shape index (κ2) is 3.46. The molecule has 0 saturated heterocycles. The van der Waals surface area contributed by atoms with E-state index in [1.807, 2.05) is 25.2 Å². The minimum Gasteiger partial charge on any atom is -0.373 e. The first-order chi connectivity index (χ1) is 6.83. The SMILES string of the molecule is CNc1ccc2ccc(C=O)cc2n1. The summed E-state index contributed by atoms with van der Waals surface area (Å²) in [5.74, 6) is 0.806. The van der Waals surface area contributed by atoms with Crippen LogP contribution in [0.3, 0.4) is 0 Å². The summed E-state index contributed by atoms with van der Waals surface area (Å²) in [6.45, 7) is 0. The second-order valence-corrected chi connectivity index (χ2v) is 3.02. The summed E-state index contributed by atoms with van der Waals surface area (Å²) in [4.78, 5) is 14.9. The van der Waals surface area contributed by atoms with Gasteiger partial charge < -0.3 is 5.32 Å². The first-order valence-electron chi connectivity index (χ1n) is 4.37. The van der Waals surface area contributed by atoms with Crippen LogP contribution in [-0.4, -0.2) is 18.3 Å². The molecule has 0 saturated carbocycles. The van der Waals surface area contributed by atoms with Crippen molar-refractivity contribution in [2.24, 2.45) is 0 Å². The number of aldehydes is 1. The maximum absolute atomic E-state index is 10.6. The van der Waals surface area contributed by atoms with Gasteiger partial charge in [0, 0.05) is 18.0 Å². The van der Waals surface area contributed by atoms with Gasteiger partial charge in [-0.2, -0.15) is 0 Å². The Morgan fingerprint density at radius 2 is 2.07 bits per heavy atom. The number of hydrogen-bond acceptors (Lipinski definition) is 3. The first kappa shape index (κ1) is 8.69. The van der Waals surface area contributed by atoms with Crippen molar-refractivity contribution < 1.29 is 4.79 Å². The molecule has 1 N–H and O–H groups in total. The number of rotatable bonds is 2. The molecule has 2 aromatic rings. The van der Waals surface area contributed by atoms with E-state index in [0.29, 0.717) is 5.56 Å². The number of benzene rings is 1. The van der Waals surface area contributed by atoms with E-state index < -0.39 is 0 Å². The van der Waals surface area contributed by atoms with Gasteiger partial charge in [-0.15, -0.1) is 0 Å². The minimum absolute atomic E-state index is 0.651. The van der Waals surface area contributed by atoms with Gasteiger partial charge in [0.2, 0.25) is 0 Å². The Labute approximate surface area is 81.8 Å². The third kappa shape index (κ3) is 1.44. The molecule has 3 nitrogen and oxygen atoms in total. The van der Waals surface area contributed by atoms with Crippen molar-refractivity contribution >= 4 is 23.0 Å². The summed E-state index contributed by atoms with van der Waals surface area (Å²) in [6, 6.07) is 9.34. The number of fused-ring (bicyclic) bond motifs is 1. The van der Waals surface area contributed by atoms with Gasteiger partial charge >= 0.3 is 0 Å². The fourth-order valence-electron chi connectivity index (χ4n) is 1.35. The van der Waals surface area contributed by atoms with E-state index in [9.17, 15) is 4.79 Å². The highest BCUT2D eigenvalue weighted by atomic mass is 16.1. The third-order valence-electron chi connectivity index (χ3n) is 2.11. The van der Waals surface area contributed by atoms with E-state index in [-0.39, 0.29) is 0 Å². The first-order valence-corrected chi connectivity index (χ1v) is 4.37. The van der Waals surface area contributed by atoms with Crippen molar-refractivity contribution in [3.8, 4) is 0 Å². The number of aromatic nitrogens is 1. The molecule has 3 heteroatoms. The van der Waals surface area contributed by atoms with Gasteiger partial charge in [0.1, 0.15) is 12.1 Å². The number of nitrogens with one attached hydrogen (secondary N) is 1. The Bertz CT molecular complexity index is 480. The standard InChI is InChI=1S/C11H10N2O/c1-12-11-5-4-9-3-2-8(7-14)6-10(9)13-11/h2-7H,1H3,(H,12,13). The summed E-state index contributed by atoms with van der Waals surface area (Å²) < 4.78 is 0. The van der Waals surface area contributed by atoms with Gasteiger partial charge in [-0.25, -0.2) is 4.98 Å². The molecule has 0 aliphatic heterocycles. The molecule has 70 valence electrons. The van der Waals surface area contributed by atoms with Crippen LogP contribution in [0.5, 0.6) is 0 Å². The normalized spacial score (nSPS) is 10.1. The molecule has 0 amide bonds. The average molecular weight is 186 g/mol. The Hall–Kier alpha value is -1.90. The highest BCUT2D eigenvalue weighted by molar-refractivity contribution is 5.87.